The molecule has 3 heteroatoms. The Morgan fingerprint density at radius 1 is 1.43 bits per heavy atom. The minimum atomic E-state index is -0.224. The molecule has 0 aromatic heterocycles. The van der Waals surface area contributed by atoms with Crippen molar-refractivity contribution in [2.75, 3.05) is 12.5 Å². The number of ether oxygens (including phenoxy) is 2. The van der Waals surface area contributed by atoms with Gasteiger partial charge in [0.25, 0.3) is 0 Å². The van der Waals surface area contributed by atoms with Crippen LogP contribution in [-0.2, 0) is 9.47 Å². The molecule has 1 atom stereocenters. The lowest BCUT2D eigenvalue weighted by molar-refractivity contribution is -0.235. The fraction of sp³-hybridized carbons (Fsp3) is 1.00. The van der Waals surface area contributed by atoms with Crippen LogP contribution in [0.3, 0.4) is 0 Å². The molecular formula is C11H19ClO2. The average Bonchev–Trinajstić information content (AvgIpc) is 2.56. The first-order valence-electron chi connectivity index (χ1n) is 5.66. The number of rotatable bonds is 4. The Labute approximate surface area is 90.9 Å². The zero-order valence-corrected chi connectivity index (χ0v) is 9.55. The molecule has 1 spiro atoms. The minimum Gasteiger partial charge on any atom is -0.347 e. The molecule has 1 aliphatic heterocycles. The maximum absolute atomic E-state index is 5.94. The van der Waals surface area contributed by atoms with Gasteiger partial charge in [-0.15, -0.1) is 11.6 Å². The van der Waals surface area contributed by atoms with E-state index in [1.165, 1.54) is 12.8 Å². The van der Waals surface area contributed by atoms with Gasteiger partial charge in [0.2, 0.25) is 0 Å². The monoisotopic (exact) mass is 218 g/mol. The van der Waals surface area contributed by atoms with Gasteiger partial charge < -0.3 is 9.47 Å². The van der Waals surface area contributed by atoms with Gasteiger partial charge in [-0.25, -0.2) is 0 Å². The zero-order valence-electron chi connectivity index (χ0n) is 8.80. The third-order valence-electron chi connectivity index (χ3n) is 3.21. The van der Waals surface area contributed by atoms with E-state index in [2.05, 4.69) is 6.92 Å². The molecule has 0 aromatic carbocycles. The molecule has 2 aliphatic rings. The second-order valence-electron chi connectivity index (χ2n) is 4.53. The number of hydrogen-bond acceptors (Lipinski definition) is 2. The Hall–Kier alpha value is 0.210. The van der Waals surface area contributed by atoms with Crippen LogP contribution < -0.4 is 0 Å². The molecule has 2 rings (SSSR count). The predicted octanol–water partition coefficient (Wildman–Crippen LogP) is 2.94. The first-order chi connectivity index (χ1) is 6.78. The van der Waals surface area contributed by atoms with Crippen LogP contribution in [0.5, 0.6) is 0 Å². The third-order valence-corrected chi connectivity index (χ3v) is 3.65. The summed E-state index contributed by atoms with van der Waals surface area (Å²) >= 11 is 5.77. The molecule has 2 nitrogen and oxygen atoms in total. The Kier molecular flexibility index (Phi) is 3.35. The Bertz CT molecular complexity index is 190. The van der Waals surface area contributed by atoms with Crippen LogP contribution in [0.4, 0.5) is 0 Å². The van der Waals surface area contributed by atoms with Gasteiger partial charge in [-0.05, 0) is 12.3 Å². The summed E-state index contributed by atoms with van der Waals surface area (Å²) in [4.78, 5) is 0. The quantitative estimate of drug-likeness (QED) is 0.676. The summed E-state index contributed by atoms with van der Waals surface area (Å²) in [5.41, 5.74) is 0. The molecule has 1 heterocycles. The van der Waals surface area contributed by atoms with Crippen molar-refractivity contribution < 1.29 is 9.47 Å². The molecule has 1 saturated heterocycles. The summed E-state index contributed by atoms with van der Waals surface area (Å²) in [5.74, 6) is 1.13. The van der Waals surface area contributed by atoms with Gasteiger partial charge in [0, 0.05) is 18.7 Å². The fourth-order valence-electron chi connectivity index (χ4n) is 2.33. The molecule has 0 aromatic rings. The van der Waals surface area contributed by atoms with E-state index in [9.17, 15) is 0 Å². The first-order valence-corrected chi connectivity index (χ1v) is 6.19. The van der Waals surface area contributed by atoms with Crippen LogP contribution in [0.2, 0.25) is 0 Å². The van der Waals surface area contributed by atoms with Gasteiger partial charge in [0.15, 0.2) is 5.79 Å². The topological polar surface area (TPSA) is 18.5 Å². The van der Waals surface area contributed by atoms with Crippen molar-refractivity contribution in [3.8, 4) is 0 Å². The Morgan fingerprint density at radius 3 is 2.86 bits per heavy atom. The molecular weight excluding hydrogens is 200 g/mol. The smallest absolute Gasteiger partial charge is 0.169 e. The zero-order chi connectivity index (χ0) is 10.0. The van der Waals surface area contributed by atoms with E-state index in [1.54, 1.807) is 0 Å². The van der Waals surface area contributed by atoms with Crippen molar-refractivity contribution in [2.45, 2.75) is 50.9 Å². The predicted molar refractivity (Wildman–Crippen MR) is 56.5 cm³/mol. The van der Waals surface area contributed by atoms with Gasteiger partial charge in [0.05, 0.1) is 12.7 Å². The van der Waals surface area contributed by atoms with E-state index in [0.29, 0.717) is 12.0 Å². The number of halogens is 1. The van der Waals surface area contributed by atoms with Crippen molar-refractivity contribution in [3.63, 3.8) is 0 Å². The van der Waals surface area contributed by atoms with E-state index in [1.807, 2.05) is 0 Å². The molecule has 1 unspecified atom stereocenters. The van der Waals surface area contributed by atoms with Crippen LogP contribution in [0.15, 0.2) is 0 Å². The second kappa shape index (κ2) is 4.38. The van der Waals surface area contributed by atoms with Crippen LogP contribution in [0.1, 0.15) is 39.0 Å². The number of unbranched alkanes of at least 4 members (excludes halogenated alkanes) is 1. The maximum atomic E-state index is 5.94. The molecule has 0 radical (unpaired) electrons. The number of hydrogen-bond donors (Lipinski definition) is 0. The van der Waals surface area contributed by atoms with Gasteiger partial charge >= 0.3 is 0 Å². The summed E-state index contributed by atoms with van der Waals surface area (Å²) in [6.45, 7) is 2.99. The summed E-state index contributed by atoms with van der Waals surface area (Å²) in [7, 11) is 0. The van der Waals surface area contributed by atoms with Gasteiger partial charge in [-0.2, -0.15) is 0 Å². The maximum Gasteiger partial charge on any atom is 0.169 e. The molecule has 0 N–H and O–H groups in total. The molecule has 14 heavy (non-hydrogen) atoms. The minimum absolute atomic E-state index is 0.224. The highest BCUT2D eigenvalue weighted by Crippen LogP contribution is 2.46. The van der Waals surface area contributed by atoms with Crippen LogP contribution in [0, 0.1) is 5.92 Å². The van der Waals surface area contributed by atoms with E-state index >= 15 is 0 Å². The van der Waals surface area contributed by atoms with Crippen molar-refractivity contribution in [1.29, 1.82) is 0 Å². The first kappa shape index (κ1) is 10.7. The molecule has 2 fully saturated rings. The van der Waals surface area contributed by atoms with Crippen molar-refractivity contribution in [1.82, 2.24) is 0 Å². The van der Waals surface area contributed by atoms with Gasteiger partial charge in [0.1, 0.15) is 0 Å². The molecule has 0 amide bonds. The number of alkyl halides is 1. The third kappa shape index (κ3) is 2.07. The molecule has 82 valence electrons. The highest BCUT2D eigenvalue weighted by molar-refractivity contribution is 6.18. The van der Waals surface area contributed by atoms with Crippen molar-refractivity contribution >= 4 is 11.6 Å². The van der Waals surface area contributed by atoms with E-state index < -0.39 is 0 Å². The lowest BCUT2D eigenvalue weighted by Crippen LogP contribution is -2.46. The summed E-state index contributed by atoms with van der Waals surface area (Å²) in [6, 6.07) is 0. The van der Waals surface area contributed by atoms with Crippen LogP contribution >= 0.6 is 11.6 Å². The Morgan fingerprint density at radius 2 is 2.21 bits per heavy atom. The molecule has 0 bridgehead atoms. The SMILES string of the molecule is CCCCC1COC2(CC(CCl)C2)O1. The second-order valence-corrected chi connectivity index (χ2v) is 4.84. The van der Waals surface area contributed by atoms with E-state index in [-0.39, 0.29) is 5.79 Å². The van der Waals surface area contributed by atoms with Gasteiger partial charge in [-0.1, -0.05) is 19.8 Å². The summed E-state index contributed by atoms with van der Waals surface area (Å²) in [5, 5.41) is 0. The lowest BCUT2D eigenvalue weighted by atomic mass is 9.80. The van der Waals surface area contributed by atoms with Crippen LogP contribution in [-0.4, -0.2) is 24.4 Å². The average molecular weight is 219 g/mol. The lowest BCUT2D eigenvalue weighted by Gasteiger charge is -2.42. The van der Waals surface area contributed by atoms with Crippen molar-refractivity contribution in [2.24, 2.45) is 5.92 Å². The van der Waals surface area contributed by atoms with Gasteiger partial charge in [-0.3, -0.25) is 0 Å². The fourth-order valence-corrected chi connectivity index (χ4v) is 2.55. The summed E-state index contributed by atoms with van der Waals surface area (Å²) in [6.07, 6.45) is 5.95. The standard InChI is InChI=1S/C11H19ClO2/c1-2-3-4-10-8-13-11(14-10)5-9(6-11)7-12/h9-10H,2-8H2,1H3. The van der Waals surface area contributed by atoms with Crippen LogP contribution in [0.25, 0.3) is 0 Å². The Balaban J connectivity index is 1.73. The molecule has 1 aliphatic carbocycles. The van der Waals surface area contributed by atoms with Crippen molar-refractivity contribution in [3.05, 3.63) is 0 Å². The highest BCUT2D eigenvalue weighted by atomic mass is 35.5. The van der Waals surface area contributed by atoms with E-state index in [4.69, 9.17) is 21.1 Å². The van der Waals surface area contributed by atoms with E-state index in [0.717, 1.165) is 31.7 Å². The molecule has 1 saturated carbocycles. The normalized spacial score (nSPS) is 41.6. The largest absolute Gasteiger partial charge is 0.347 e. The highest BCUT2D eigenvalue weighted by Gasteiger charge is 2.51. The summed E-state index contributed by atoms with van der Waals surface area (Å²) < 4.78 is 11.7.